The second kappa shape index (κ2) is 7.80. The number of nitrogens with zero attached hydrogens (tertiary/aromatic N) is 4. The Morgan fingerprint density at radius 3 is 2.89 bits per heavy atom. The van der Waals surface area contributed by atoms with Crippen molar-refractivity contribution in [2.24, 2.45) is 0 Å². The van der Waals surface area contributed by atoms with E-state index in [4.69, 9.17) is 16.0 Å². The Hall–Kier alpha value is -2.60. The number of benzene rings is 1. The number of amides is 1. The molecule has 4 rings (SSSR count). The van der Waals surface area contributed by atoms with Gasteiger partial charge in [-0.2, -0.15) is 5.10 Å². The largest absolute Gasteiger partial charge is 0.443 e. The summed E-state index contributed by atoms with van der Waals surface area (Å²) in [5, 5.41) is 5.11. The summed E-state index contributed by atoms with van der Waals surface area (Å²) in [6.45, 7) is 4.85. The molecule has 2 aromatic heterocycles. The summed E-state index contributed by atoms with van der Waals surface area (Å²) >= 11 is 6.24. The molecule has 146 valence electrons. The molecule has 3 aromatic rings. The third-order valence-electron chi connectivity index (χ3n) is 5.14. The molecule has 1 aromatic carbocycles. The normalized spacial score (nSPS) is 16.7. The molecule has 0 saturated carbocycles. The van der Waals surface area contributed by atoms with Gasteiger partial charge in [-0.05, 0) is 44.4 Å². The molecule has 0 unspecified atom stereocenters. The van der Waals surface area contributed by atoms with Gasteiger partial charge in [0.1, 0.15) is 18.3 Å². The van der Waals surface area contributed by atoms with Gasteiger partial charge in [0.25, 0.3) is 0 Å². The molecule has 6 nitrogen and oxygen atoms in total. The number of carbonyl (C=O) groups is 1. The van der Waals surface area contributed by atoms with Crippen LogP contribution in [0.2, 0.25) is 5.02 Å². The van der Waals surface area contributed by atoms with E-state index in [1.54, 1.807) is 10.9 Å². The molecule has 1 aliphatic rings. The summed E-state index contributed by atoms with van der Waals surface area (Å²) in [6.07, 6.45) is 4.12. The Bertz CT molecular complexity index is 994. The number of halogens is 1. The van der Waals surface area contributed by atoms with Gasteiger partial charge in [-0.25, -0.2) is 4.98 Å². The fourth-order valence-electron chi connectivity index (χ4n) is 3.76. The Morgan fingerprint density at radius 1 is 1.32 bits per heavy atom. The molecule has 1 atom stereocenters. The lowest BCUT2D eigenvalue weighted by Gasteiger charge is -2.22. The minimum absolute atomic E-state index is 0.0413. The third-order valence-corrected chi connectivity index (χ3v) is 5.51. The summed E-state index contributed by atoms with van der Waals surface area (Å²) in [5.74, 6) is 1.39. The van der Waals surface area contributed by atoms with Gasteiger partial charge in [-0.1, -0.05) is 29.8 Å². The van der Waals surface area contributed by atoms with Crippen molar-refractivity contribution in [1.29, 1.82) is 0 Å². The van der Waals surface area contributed by atoms with Crippen molar-refractivity contribution in [3.8, 4) is 0 Å². The Labute approximate surface area is 169 Å². The van der Waals surface area contributed by atoms with E-state index in [0.29, 0.717) is 23.9 Å². The fourth-order valence-corrected chi connectivity index (χ4v) is 3.97. The van der Waals surface area contributed by atoms with E-state index in [1.807, 2.05) is 49.1 Å². The Balaban J connectivity index is 1.48. The zero-order valence-corrected chi connectivity index (χ0v) is 16.8. The van der Waals surface area contributed by atoms with Gasteiger partial charge in [0, 0.05) is 23.7 Å². The first-order valence-corrected chi connectivity index (χ1v) is 9.87. The maximum atomic E-state index is 12.9. The number of hydrogen-bond donors (Lipinski definition) is 0. The van der Waals surface area contributed by atoms with E-state index in [-0.39, 0.29) is 18.5 Å². The highest BCUT2D eigenvalue weighted by Crippen LogP contribution is 2.32. The van der Waals surface area contributed by atoms with Crippen LogP contribution in [0.4, 0.5) is 0 Å². The van der Waals surface area contributed by atoms with Gasteiger partial charge >= 0.3 is 0 Å². The number of aromatic nitrogens is 3. The zero-order chi connectivity index (χ0) is 19.7. The summed E-state index contributed by atoms with van der Waals surface area (Å²) in [4.78, 5) is 19.2. The first kappa shape index (κ1) is 18.7. The van der Waals surface area contributed by atoms with Gasteiger partial charge in [0.05, 0.1) is 11.9 Å². The first-order chi connectivity index (χ1) is 13.5. The number of aryl methyl sites for hydroxylation is 2. The second-order valence-corrected chi connectivity index (χ2v) is 7.67. The molecule has 0 bridgehead atoms. The molecule has 1 saturated heterocycles. The maximum Gasteiger partial charge on any atom is 0.244 e. The fraction of sp³-hybridized carbons (Fsp3) is 0.381. The molecule has 7 heteroatoms. The monoisotopic (exact) mass is 398 g/mol. The van der Waals surface area contributed by atoms with Crippen LogP contribution in [0.1, 0.15) is 47.5 Å². The van der Waals surface area contributed by atoms with Crippen LogP contribution >= 0.6 is 11.6 Å². The topological polar surface area (TPSA) is 64.2 Å². The number of rotatable bonds is 5. The van der Waals surface area contributed by atoms with Gasteiger partial charge in [-0.15, -0.1) is 0 Å². The number of oxazole rings is 1. The molecule has 1 aliphatic heterocycles. The maximum absolute atomic E-state index is 12.9. The van der Waals surface area contributed by atoms with E-state index < -0.39 is 0 Å². The van der Waals surface area contributed by atoms with Crippen LogP contribution in [-0.2, 0) is 17.8 Å². The lowest BCUT2D eigenvalue weighted by atomic mass is 10.1. The van der Waals surface area contributed by atoms with E-state index >= 15 is 0 Å². The highest BCUT2D eigenvalue weighted by Gasteiger charge is 2.33. The van der Waals surface area contributed by atoms with E-state index in [9.17, 15) is 4.79 Å². The molecule has 0 spiro atoms. The number of carbonyl (C=O) groups excluding carboxylic acids is 1. The van der Waals surface area contributed by atoms with Crippen molar-refractivity contribution in [2.75, 3.05) is 6.54 Å². The summed E-state index contributed by atoms with van der Waals surface area (Å²) in [5.41, 5.74) is 2.90. The lowest BCUT2D eigenvalue weighted by Crippen LogP contribution is -2.34. The van der Waals surface area contributed by atoms with E-state index in [1.165, 1.54) is 0 Å². The van der Waals surface area contributed by atoms with Crippen LogP contribution in [0, 0.1) is 13.8 Å². The van der Waals surface area contributed by atoms with Gasteiger partial charge in [0.2, 0.25) is 11.8 Å². The van der Waals surface area contributed by atoms with Crippen molar-refractivity contribution < 1.29 is 9.21 Å². The first-order valence-electron chi connectivity index (χ1n) is 9.50. The molecule has 0 radical (unpaired) electrons. The van der Waals surface area contributed by atoms with Gasteiger partial charge in [-0.3, -0.25) is 9.48 Å². The van der Waals surface area contributed by atoms with Crippen LogP contribution in [0.15, 0.2) is 40.9 Å². The lowest BCUT2D eigenvalue weighted by molar-refractivity contribution is -0.133. The summed E-state index contributed by atoms with van der Waals surface area (Å²) < 4.78 is 7.75. The SMILES string of the molecule is Cc1cc(C)n(CC(=O)N2CCC[C@@H]2c2ncc(Cc3ccccc3Cl)o2)n1. The number of likely N-dealkylation sites (tertiary alicyclic amines) is 1. The van der Waals surface area contributed by atoms with Gasteiger partial charge < -0.3 is 9.32 Å². The molecular formula is C21H23ClN4O2. The third kappa shape index (κ3) is 3.83. The molecule has 1 fully saturated rings. The molecule has 28 heavy (non-hydrogen) atoms. The van der Waals surface area contributed by atoms with Crippen molar-refractivity contribution >= 4 is 17.5 Å². The smallest absolute Gasteiger partial charge is 0.244 e. The minimum atomic E-state index is -0.121. The van der Waals surface area contributed by atoms with Crippen LogP contribution in [-0.4, -0.2) is 32.1 Å². The molecular weight excluding hydrogens is 376 g/mol. The second-order valence-electron chi connectivity index (χ2n) is 7.26. The van der Waals surface area contributed by atoms with Gasteiger partial charge in [0.15, 0.2) is 0 Å². The van der Waals surface area contributed by atoms with E-state index in [2.05, 4.69) is 10.1 Å². The Morgan fingerprint density at radius 2 is 2.14 bits per heavy atom. The predicted molar refractivity (Wildman–Crippen MR) is 106 cm³/mol. The average Bonchev–Trinajstić information content (AvgIpc) is 3.37. The van der Waals surface area contributed by atoms with Crippen LogP contribution in [0.5, 0.6) is 0 Å². The van der Waals surface area contributed by atoms with Crippen molar-refractivity contribution in [3.05, 3.63) is 70.2 Å². The van der Waals surface area contributed by atoms with E-state index in [0.717, 1.165) is 35.6 Å². The highest BCUT2D eigenvalue weighted by molar-refractivity contribution is 6.31. The predicted octanol–water partition coefficient (Wildman–Crippen LogP) is 4.10. The molecule has 0 N–H and O–H groups in total. The number of hydrogen-bond acceptors (Lipinski definition) is 4. The standard InChI is InChI=1S/C21H23ClN4O2/c1-14-10-15(2)26(24-14)13-20(27)25-9-5-8-19(25)21-23-12-17(28-21)11-16-6-3-4-7-18(16)22/h3-4,6-7,10,12,19H,5,8-9,11,13H2,1-2H3/t19-/m1/s1. The zero-order valence-electron chi connectivity index (χ0n) is 16.1. The summed E-state index contributed by atoms with van der Waals surface area (Å²) in [7, 11) is 0. The van der Waals surface area contributed by atoms with Crippen molar-refractivity contribution in [1.82, 2.24) is 19.7 Å². The van der Waals surface area contributed by atoms with Crippen LogP contribution in [0.25, 0.3) is 0 Å². The Kier molecular flexibility index (Phi) is 5.22. The highest BCUT2D eigenvalue weighted by atomic mass is 35.5. The van der Waals surface area contributed by atoms with Crippen LogP contribution < -0.4 is 0 Å². The van der Waals surface area contributed by atoms with Crippen LogP contribution in [0.3, 0.4) is 0 Å². The van der Waals surface area contributed by atoms with Crippen molar-refractivity contribution in [3.63, 3.8) is 0 Å². The summed E-state index contributed by atoms with van der Waals surface area (Å²) in [6, 6.07) is 9.56. The molecule has 0 aliphatic carbocycles. The quantitative estimate of drug-likeness (QED) is 0.649. The molecule has 3 heterocycles. The van der Waals surface area contributed by atoms with Crippen molar-refractivity contribution in [2.45, 2.75) is 45.7 Å². The molecule has 1 amide bonds. The average molecular weight is 399 g/mol. The minimum Gasteiger partial charge on any atom is -0.443 e.